The van der Waals surface area contributed by atoms with E-state index in [1.807, 2.05) is 30.3 Å². The molecule has 0 saturated carbocycles. The molecule has 2 aromatic rings. The molecule has 0 bridgehead atoms. The van der Waals surface area contributed by atoms with E-state index < -0.39 is 0 Å². The molecule has 102 valence electrons. The van der Waals surface area contributed by atoms with E-state index in [4.69, 9.17) is 9.15 Å². The van der Waals surface area contributed by atoms with Crippen LogP contribution < -0.4 is 10.1 Å². The Morgan fingerprint density at radius 2 is 1.84 bits per heavy atom. The first-order chi connectivity index (χ1) is 9.33. The zero-order valence-corrected chi connectivity index (χ0v) is 11.6. The summed E-state index contributed by atoms with van der Waals surface area (Å²) in [5.41, 5.74) is 1.22. The highest BCUT2D eigenvalue weighted by molar-refractivity contribution is 5.33. The van der Waals surface area contributed by atoms with Crippen molar-refractivity contribution >= 4 is 0 Å². The number of ether oxygens (including phenoxy) is 1. The number of hydrogen-bond acceptors (Lipinski definition) is 3. The summed E-state index contributed by atoms with van der Waals surface area (Å²) in [6.45, 7) is 6.39. The van der Waals surface area contributed by atoms with Gasteiger partial charge in [-0.2, -0.15) is 0 Å². The fourth-order valence-corrected chi connectivity index (χ4v) is 1.93. The van der Waals surface area contributed by atoms with Gasteiger partial charge in [-0.15, -0.1) is 0 Å². The van der Waals surface area contributed by atoms with Crippen molar-refractivity contribution in [1.29, 1.82) is 0 Å². The van der Waals surface area contributed by atoms with Gasteiger partial charge in [0, 0.05) is 0 Å². The van der Waals surface area contributed by atoms with Crippen molar-refractivity contribution in [2.45, 2.75) is 33.4 Å². The highest BCUT2D eigenvalue weighted by Crippen LogP contribution is 2.20. The molecule has 0 radical (unpaired) electrons. The van der Waals surface area contributed by atoms with Crippen molar-refractivity contribution in [2.75, 3.05) is 6.54 Å². The minimum atomic E-state index is 0.475. The quantitative estimate of drug-likeness (QED) is 0.826. The van der Waals surface area contributed by atoms with Gasteiger partial charge in [0.2, 0.25) is 0 Å². The molecule has 0 spiro atoms. The molecular formula is C16H21NO2. The van der Waals surface area contributed by atoms with Gasteiger partial charge in [0.05, 0.1) is 6.54 Å². The van der Waals surface area contributed by atoms with Gasteiger partial charge in [-0.05, 0) is 36.7 Å². The van der Waals surface area contributed by atoms with Crippen molar-refractivity contribution in [2.24, 2.45) is 0 Å². The van der Waals surface area contributed by atoms with Gasteiger partial charge in [-0.25, -0.2) is 0 Å². The smallest absolute Gasteiger partial charge is 0.146 e. The van der Waals surface area contributed by atoms with E-state index in [9.17, 15) is 0 Å². The Labute approximate surface area is 114 Å². The third kappa shape index (κ3) is 3.86. The minimum absolute atomic E-state index is 0.475. The van der Waals surface area contributed by atoms with E-state index in [1.54, 1.807) is 0 Å². The Morgan fingerprint density at radius 3 is 2.63 bits per heavy atom. The van der Waals surface area contributed by atoms with Crippen molar-refractivity contribution in [3.8, 4) is 5.75 Å². The van der Waals surface area contributed by atoms with Crippen LogP contribution in [0.25, 0.3) is 0 Å². The molecule has 0 saturated heterocycles. The number of para-hydroxylation sites is 1. The van der Waals surface area contributed by atoms with E-state index >= 15 is 0 Å². The standard InChI is InChI=1S/C16H21NO2/c1-3-13-7-5-6-8-16(13)18-12-15-10-9-14(19-15)11-17-4-2/h5-10,17H,3-4,11-12H2,1-2H3. The fraction of sp³-hybridized carbons (Fsp3) is 0.375. The van der Waals surface area contributed by atoms with Crippen molar-refractivity contribution in [1.82, 2.24) is 5.32 Å². The third-order valence-corrected chi connectivity index (χ3v) is 2.99. The van der Waals surface area contributed by atoms with Crippen LogP contribution in [0.3, 0.4) is 0 Å². The molecule has 1 aromatic heterocycles. The summed E-state index contributed by atoms with van der Waals surface area (Å²) in [6.07, 6.45) is 0.972. The zero-order chi connectivity index (χ0) is 13.5. The Kier molecular flexibility index (Phi) is 5.04. The third-order valence-electron chi connectivity index (χ3n) is 2.99. The minimum Gasteiger partial charge on any atom is -0.485 e. The van der Waals surface area contributed by atoms with Crippen LogP contribution >= 0.6 is 0 Å². The molecule has 19 heavy (non-hydrogen) atoms. The first-order valence-corrected chi connectivity index (χ1v) is 6.82. The summed E-state index contributed by atoms with van der Waals surface area (Å²) < 4.78 is 11.5. The maximum absolute atomic E-state index is 5.82. The van der Waals surface area contributed by atoms with Gasteiger partial charge >= 0.3 is 0 Å². The predicted octanol–water partition coefficient (Wildman–Crippen LogP) is 3.53. The second kappa shape index (κ2) is 7.00. The van der Waals surface area contributed by atoms with Crippen LogP contribution in [-0.2, 0) is 19.6 Å². The Morgan fingerprint density at radius 1 is 1.05 bits per heavy atom. The van der Waals surface area contributed by atoms with Crippen LogP contribution in [0.2, 0.25) is 0 Å². The van der Waals surface area contributed by atoms with Crippen LogP contribution in [-0.4, -0.2) is 6.54 Å². The number of aryl methyl sites for hydroxylation is 1. The first kappa shape index (κ1) is 13.7. The zero-order valence-electron chi connectivity index (χ0n) is 11.6. The number of hydrogen-bond donors (Lipinski definition) is 1. The number of benzene rings is 1. The molecule has 1 heterocycles. The normalized spacial score (nSPS) is 10.6. The Hall–Kier alpha value is -1.74. The molecule has 1 N–H and O–H groups in total. The predicted molar refractivity (Wildman–Crippen MR) is 76.2 cm³/mol. The van der Waals surface area contributed by atoms with Crippen molar-refractivity contribution < 1.29 is 9.15 Å². The average Bonchev–Trinajstić information content (AvgIpc) is 2.91. The Bertz CT molecular complexity index is 505. The van der Waals surface area contributed by atoms with Crippen LogP contribution in [0.4, 0.5) is 0 Å². The van der Waals surface area contributed by atoms with Crippen molar-refractivity contribution in [3.05, 3.63) is 53.5 Å². The number of nitrogens with one attached hydrogen (secondary N) is 1. The van der Waals surface area contributed by atoms with Gasteiger partial charge in [-0.1, -0.05) is 32.0 Å². The van der Waals surface area contributed by atoms with Crippen LogP contribution in [0.15, 0.2) is 40.8 Å². The topological polar surface area (TPSA) is 34.4 Å². The summed E-state index contributed by atoms with van der Waals surface area (Å²) in [4.78, 5) is 0. The summed E-state index contributed by atoms with van der Waals surface area (Å²) in [6, 6.07) is 12.1. The monoisotopic (exact) mass is 259 g/mol. The van der Waals surface area contributed by atoms with Crippen LogP contribution in [0.5, 0.6) is 5.75 Å². The maximum atomic E-state index is 5.82. The van der Waals surface area contributed by atoms with E-state index in [-0.39, 0.29) is 0 Å². The lowest BCUT2D eigenvalue weighted by Gasteiger charge is -2.08. The van der Waals surface area contributed by atoms with Gasteiger partial charge < -0.3 is 14.5 Å². The second-order valence-corrected chi connectivity index (χ2v) is 4.40. The molecule has 0 atom stereocenters. The molecule has 0 aliphatic carbocycles. The molecule has 0 amide bonds. The van der Waals surface area contributed by atoms with Crippen LogP contribution in [0.1, 0.15) is 30.9 Å². The first-order valence-electron chi connectivity index (χ1n) is 6.82. The SMILES string of the molecule is CCNCc1ccc(COc2ccccc2CC)o1. The summed E-state index contributed by atoms with van der Waals surface area (Å²) in [5, 5.41) is 3.24. The molecule has 0 fully saturated rings. The summed E-state index contributed by atoms with van der Waals surface area (Å²) >= 11 is 0. The molecular weight excluding hydrogens is 238 g/mol. The van der Waals surface area contributed by atoms with Gasteiger partial charge in [0.25, 0.3) is 0 Å². The Balaban J connectivity index is 1.93. The lowest BCUT2D eigenvalue weighted by Crippen LogP contribution is -2.10. The van der Waals surface area contributed by atoms with Crippen molar-refractivity contribution in [3.63, 3.8) is 0 Å². The molecule has 0 aliphatic heterocycles. The highest BCUT2D eigenvalue weighted by atomic mass is 16.5. The molecule has 1 aromatic carbocycles. The average molecular weight is 259 g/mol. The van der Waals surface area contributed by atoms with Gasteiger partial charge in [0.1, 0.15) is 23.9 Å². The number of rotatable bonds is 7. The second-order valence-electron chi connectivity index (χ2n) is 4.40. The van der Waals surface area contributed by atoms with E-state index in [2.05, 4.69) is 25.2 Å². The fourth-order valence-electron chi connectivity index (χ4n) is 1.93. The number of furan rings is 1. The lowest BCUT2D eigenvalue weighted by molar-refractivity contribution is 0.263. The largest absolute Gasteiger partial charge is 0.485 e. The van der Waals surface area contributed by atoms with Crippen LogP contribution in [0, 0.1) is 0 Å². The molecule has 0 unspecified atom stereocenters. The maximum Gasteiger partial charge on any atom is 0.146 e. The molecule has 3 nitrogen and oxygen atoms in total. The summed E-state index contributed by atoms with van der Waals surface area (Å²) in [5.74, 6) is 2.75. The molecule has 0 aliphatic rings. The molecule has 2 rings (SSSR count). The van der Waals surface area contributed by atoms with E-state index in [1.165, 1.54) is 5.56 Å². The highest BCUT2D eigenvalue weighted by Gasteiger charge is 2.05. The van der Waals surface area contributed by atoms with E-state index in [0.717, 1.165) is 36.8 Å². The van der Waals surface area contributed by atoms with Gasteiger partial charge in [0.15, 0.2) is 0 Å². The van der Waals surface area contributed by atoms with E-state index in [0.29, 0.717) is 6.61 Å². The van der Waals surface area contributed by atoms with Gasteiger partial charge in [-0.3, -0.25) is 0 Å². The lowest BCUT2D eigenvalue weighted by atomic mass is 10.1. The molecule has 3 heteroatoms. The summed E-state index contributed by atoms with van der Waals surface area (Å²) in [7, 11) is 0.